The molecular weight excluding hydrogens is 333 g/mol. The average molecular weight is 352 g/mol. The Bertz CT molecular complexity index is 584. The molecule has 0 radical (unpaired) electrons. The third kappa shape index (κ3) is 5.14. The van der Waals surface area contributed by atoms with Crippen LogP contribution in [0.25, 0.3) is 0 Å². The lowest BCUT2D eigenvalue weighted by atomic mass is 10.1. The molecule has 2 aromatic rings. The summed E-state index contributed by atoms with van der Waals surface area (Å²) in [5.74, 6) is 0.477. The van der Waals surface area contributed by atoms with Crippen molar-refractivity contribution in [2.75, 3.05) is 0 Å². The van der Waals surface area contributed by atoms with E-state index in [-0.39, 0.29) is 18.5 Å². The Morgan fingerprint density at radius 1 is 1.19 bits per heavy atom. The first kappa shape index (κ1) is 16.0. The van der Waals surface area contributed by atoms with Gasteiger partial charge in [0.15, 0.2) is 0 Å². The summed E-state index contributed by atoms with van der Waals surface area (Å²) >= 11 is 3.33. The van der Waals surface area contributed by atoms with E-state index in [1.807, 2.05) is 31.2 Å². The fourth-order valence-corrected chi connectivity index (χ4v) is 2.37. The minimum atomic E-state index is -0.258. The second-order valence-corrected chi connectivity index (χ2v) is 6.10. The van der Waals surface area contributed by atoms with Gasteiger partial charge >= 0.3 is 0 Å². The van der Waals surface area contributed by atoms with E-state index in [4.69, 9.17) is 10.5 Å². The number of aryl methyl sites for hydroxylation is 1. The molecule has 21 heavy (non-hydrogen) atoms. The Morgan fingerprint density at radius 2 is 1.90 bits per heavy atom. The minimum Gasteiger partial charge on any atom is -0.489 e. The van der Waals surface area contributed by atoms with Crippen LogP contribution in [-0.2, 0) is 13.0 Å². The van der Waals surface area contributed by atoms with E-state index in [9.17, 15) is 4.39 Å². The van der Waals surface area contributed by atoms with E-state index in [0.29, 0.717) is 5.56 Å². The van der Waals surface area contributed by atoms with Gasteiger partial charge in [-0.2, -0.15) is 0 Å². The third-order valence-corrected chi connectivity index (χ3v) is 3.71. The maximum atomic E-state index is 13.6. The van der Waals surface area contributed by atoms with Gasteiger partial charge in [0.1, 0.15) is 18.2 Å². The molecule has 2 N–H and O–H groups in total. The molecule has 0 heterocycles. The smallest absolute Gasteiger partial charge is 0.129 e. The molecule has 0 bridgehead atoms. The minimum absolute atomic E-state index is 0.209. The van der Waals surface area contributed by atoms with Gasteiger partial charge in [0.2, 0.25) is 0 Å². The highest BCUT2D eigenvalue weighted by molar-refractivity contribution is 9.10. The first-order valence-electron chi connectivity index (χ1n) is 6.96. The summed E-state index contributed by atoms with van der Waals surface area (Å²) in [4.78, 5) is 0. The molecule has 0 amide bonds. The number of benzene rings is 2. The molecular formula is C17H19BrFNO. The molecule has 112 valence electrons. The van der Waals surface area contributed by atoms with Gasteiger partial charge in [0, 0.05) is 16.1 Å². The average Bonchev–Trinajstić information content (AvgIpc) is 2.47. The van der Waals surface area contributed by atoms with Crippen LogP contribution in [0.2, 0.25) is 0 Å². The van der Waals surface area contributed by atoms with Crippen molar-refractivity contribution in [3.63, 3.8) is 0 Å². The Morgan fingerprint density at radius 3 is 2.57 bits per heavy atom. The quantitative estimate of drug-likeness (QED) is 0.834. The first-order chi connectivity index (χ1) is 10.0. The Balaban J connectivity index is 1.93. The van der Waals surface area contributed by atoms with Crippen LogP contribution in [0, 0.1) is 5.82 Å². The summed E-state index contributed by atoms with van der Waals surface area (Å²) in [6.07, 6.45) is 1.92. The van der Waals surface area contributed by atoms with Gasteiger partial charge in [-0.3, -0.25) is 0 Å². The zero-order valence-electron chi connectivity index (χ0n) is 12.0. The van der Waals surface area contributed by atoms with Gasteiger partial charge in [-0.05, 0) is 55.7 Å². The lowest BCUT2D eigenvalue weighted by molar-refractivity contribution is 0.299. The van der Waals surface area contributed by atoms with E-state index < -0.39 is 0 Å². The highest BCUT2D eigenvalue weighted by Crippen LogP contribution is 2.19. The molecule has 0 saturated heterocycles. The number of halogens is 2. The fourth-order valence-electron chi connectivity index (χ4n) is 1.96. The van der Waals surface area contributed by atoms with Crippen molar-refractivity contribution in [2.45, 2.75) is 32.4 Å². The van der Waals surface area contributed by atoms with Gasteiger partial charge in [-0.15, -0.1) is 0 Å². The van der Waals surface area contributed by atoms with Gasteiger partial charge < -0.3 is 10.5 Å². The molecule has 0 spiro atoms. The van der Waals surface area contributed by atoms with E-state index in [0.717, 1.165) is 23.1 Å². The number of ether oxygens (including phenoxy) is 1. The molecule has 4 heteroatoms. The van der Waals surface area contributed by atoms with E-state index in [2.05, 4.69) is 15.9 Å². The molecule has 0 fully saturated rings. The molecule has 1 atom stereocenters. The van der Waals surface area contributed by atoms with Crippen LogP contribution in [0.15, 0.2) is 46.9 Å². The standard InChI is InChI=1S/C17H19BrFNO/c1-12(20)2-3-13-4-7-16(8-5-13)21-11-14-10-15(18)6-9-17(14)19/h4-10,12H,2-3,11,20H2,1H3. The highest BCUT2D eigenvalue weighted by Gasteiger charge is 2.04. The predicted molar refractivity (Wildman–Crippen MR) is 86.8 cm³/mol. The summed E-state index contributed by atoms with van der Waals surface area (Å²) < 4.78 is 20.1. The largest absolute Gasteiger partial charge is 0.489 e. The van der Waals surface area contributed by atoms with E-state index in [1.54, 1.807) is 12.1 Å². The second kappa shape index (κ2) is 7.57. The van der Waals surface area contributed by atoms with Crippen LogP contribution in [0.3, 0.4) is 0 Å². The molecule has 0 saturated carbocycles. The summed E-state index contributed by atoms with van der Waals surface area (Å²) in [5, 5.41) is 0. The SMILES string of the molecule is CC(N)CCc1ccc(OCc2cc(Br)ccc2F)cc1. The van der Waals surface area contributed by atoms with Gasteiger partial charge in [0.25, 0.3) is 0 Å². The van der Waals surface area contributed by atoms with Crippen LogP contribution in [0.5, 0.6) is 5.75 Å². The van der Waals surface area contributed by atoms with Gasteiger partial charge in [-0.25, -0.2) is 4.39 Å². The lowest BCUT2D eigenvalue weighted by Crippen LogP contribution is -2.15. The zero-order chi connectivity index (χ0) is 15.2. The molecule has 0 aliphatic carbocycles. The Labute approximate surface area is 133 Å². The van der Waals surface area contributed by atoms with E-state index >= 15 is 0 Å². The Kier molecular flexibility index (Phi) is 5.76. The third-order valence-electron chi connectivity index (χ3n) is 3.21. The number of hydrogen-bond acceptors (Lipinski definition) is 2. The van der Waals surface area contributed by atoms with E-state index in [1.165, 1.54) is 11.6 Å². The van der Waals surface area contributed by atoms with Gasteiger partial charge in [-0.1, -0.05) is 28.1 Å². The zero-order valence-corrected chi connectivity index (χ0v) is 13.6. The van der Waals surface area contributed by atoms with Crippen molar-refractivity contribution in [3.8, 4) is 5.75 Å². The topological polar surface area (TPSA) is 35.2 Å². The summed E-state index contributed by atoms with van der Waals surface area (Å²) in [6, 6.07) is 12.9. The summed E-state index contributed by atoms with van der Waals surface area (Å²) in [6.45, 7) is 2.22. The van der Waals surface area contributed by atoms with Gasteiger partial charge in [0.05, 0.1) is 0 Å². The number of nitrogens with two attached hydrogens (primary N) is 1. The molecule has 2 rings (SSSR count). The monoisotopic (exact) mass is 351 g/mol. The van der Waals surface area contributed by atoms with Crippen LogP contribution in [0.4, 0.5) is 4.39 Å². The van der Waals surface area contributed by atoms with Crippen molar-refractivity contribution in [1.29, 1.82) is 0 Å². The van der Waals surface area contributed by atoms with Crippen molar-refractivity contribution in [2.24, 2.45) is 5.73 Å². The molecule has 2 aromatic carbocycles. The number of hydrogen-bond donors (Lipinski definition) is 1. The number of rotatable bonds is 6. The van der Waals surface area contributed by atoms with Crippen LogP contribution >= 0.6 is 15.9 Å². The molecule has 1 unspecified atom stereocenters. The summed E-state index contributed by atoms with van der Waals surface area (Å²) in [7, 11) is 0. The maximum Gasteiger partial charge on any atom is 0.129 e. The molecule has 0 aromatic heterocycles. The molecule has 0 aliphatic rings. The summed E-state index contributed by atoms with van der Waals surface area (Å²) in [5.41, 5.74) is 7.51. The van der Waals surface area contributed by atoms with Crippen LogP contribution in [-0.4, -0.2) is 6.04 Å². The first-order valence-corrected chi connectivity index (χ1v) is 7.75. The highest BCUT2D eigenvalue weighted by atomic mass is 79.9. The van der Waals surface area contributed by atoms with Crippen molar-refractivity contribution < 1.29 is 9.13 Å². The lowest BCUT2D eigenvalue weighted by Gasteiger charge is -2.09. The van der Waals surface area contributed by atoms with Crippen molar-refractivity contribution in [3.05, 3.63) is 63.9 Å². The van der Waals surface area contributed by atoms with Crippen LogP contribution in [0.1, 0.15) is 24.5 Å². The van der Waals surface area contributed by atoms with Crippen LogP contribution < -0.4 is 10.5 Å². The normalized spacial score (nSPS) is 12.2. The maximum absolute atomic E-state index is 13.6. The van der Waals surface area contributed by atoms with Crippen molar-refractivity contribution in [1.82, 2.24) is 0 Å². The Hall–Kier alpha value is -1.39. The predicted octanol–water partition coefficient (Wildman–Crippen LogP) is 4.45. The molecule has 2 nitrogen and oxygen atoms in total. The van der Waals surface area contributed by atoms with Crippen molar-refractivity contribution >= 4 is 15.9 Å². The molecule has 0 aliphatic heterocycles. The fraction of sp³-hybridized carbons (Fsp3) is 0.294. The second-order valence-electron chi connectivity index (χ2n) is 5.18.